The summed E-state index contributed by atoms with van der Waals surface area (Å²) in [5.41, 5.74) is 2.04. The molecule has 1 atom stereocenters. The van der Waals surface area contributed by atoms with Crippen LogP contribution in [0.3, 0.4) is 0 Å². The second-order valence-electron chi connectivity index (χ2n) is 5.43. The van der Waals surface area contributed by atoms with Crippen molar-refractivity contribution < 1.29 is 9.26 Å². The highest BCUT2D eigenvalue weighted by atomic mass is 16.5. The van der Waals surface area contributed by atoms with Crippen molar-refractivity contribution in [2.24, 2.45) is 0 Å². The Morgan fingerprint density at radius 3 is 2.95 bits per heavy atom. The lowest BCUT2D eigenvalue weighted by Gasteiger charge is -2.00. The fourth-order valence-corrected chi connectivity index (χ4v) is 2.59. The summed E-state index contributed by atoms with van der Waals surface area (Å²) in [5.74, 6) is 1.49. The third kappa shape index (κ3) is 2.65. The van der Waals surface area contributed by atoms with Gasteiger partial charge in [0.25, 0.3) is 5.89 Å². The zero-order valence-electron chi connectivity index (χ0n) is 12.1. The van der Waals surface area contributed by atoms with Gasteiger partial charge in [-0.15, -0.1) is 0 Å². The summed E-state index contributed by atoms with van der Waals surface area (Å²) in [7, 11) is 0. The van der Waals surface area contributed by atoms with E-state index < -0.39 is 0 Å². The van der Waals surface area contributed by atoms with E-state index in [1.807, 2.05) is 29.1 Å². The summed E-state index contributed by atoms with van der Waals surface area (Å²) in [6.45, 7) is 2.16. The van der Waals surface area contributed by atoms with Crippen LogP contribution in [-0.4, -0.2) is 33.1 Å². The van der Waals surface area contributed by atoms with Crippen LogP contribution in [0.25, 0.3) is 11.5 Å². The topological polar surface area (TPSA) is 66.0 Å². The number of nitrogens with zero attached hydrogens (tertiary/aromatic N) is 4. The molecule has 1 saturated heterocycles. The van der Waals surface area contributed by atoms with Gasteiger partial charge < -0.3 is 9.26 Å². The van der Waals surface area contributed by atoms with Crippen LogP contribution in [0, 0.1) is 0 Å². The summed E-state index contributed by atoms with van der Waals surface area (Å²) in [5, 5.41) is 8.42. The predicted molar refractivity (Wildman–Crippen MR) is 79.2 cm³/mol. The average Bonchev–Trinajstić information content (AvgIpc) is 3.29. The molecule has 0 aliphatic carbocycles. The second-order valence-corrected chi connectivity index (χ2v) is 5.43. The fourth-order valence-electron chi connectivity index (χ4n) is 2.59. The van der Waals surface area contributed by atoms with Gasteiger partial charge in [-0.3, -0.25) is 4.68 Å². The standard InChI is InChI=1S/C16H16N4O2/c1-2-4-12(5-3-1)9-20-10-14(8-17-20)16-18-15(19-22-16)13-6-7-21-11-13/h1-5,8,10,13H,6-7,9,11H2/t13-/m1/s1. The minimum atomic E-state index is 0.247. The quantitative estimate of drug-likeness (QED) is 0.740. The van der Waals surface area contributed by atoms with Crippen LogP contribution in [0.2, 0.25) is 0 Å². The van der Waals surface area contributed by atoms with Crippen molar-refractivity contribution in [1.82, 2.24) is 19.9 Å². The van der Waals surface area contributed by atoms with Crippen molar-refractivity contribution in [3.63, 3.8) is 0 Å². The molecule has 0 N–H and O–H groups in total. The molecule has 0 amide bonds. The first kappa shape index (κ1) is 13.2. The van der Waals surface area contributed by atoms with Crippen molar-refractivity contribution in [3.05, 3.63) is 54.1 Å². The maximum absolute atomic E-state index is 5.36. The van der Waals surface area contributed by atoms with Gasteiger partial charge in [-0.2, -0.15) is 10.1 Å². The Labute approximate surface area is 127 Å². The number of rotatable bonds is 4. The third-order valence-electron chi connectivity index (χ3n) is 3.80. The van der Waals surface area contributed by atoms with Gasteiger partial charge in [-0.25, -0.2) is 0 Å². The molecule has 4 rings (SSSR count). The van der Waals surface area contributed by atoms with E-state index in [4.69, 9.17) is 9.26 Å². The molecule has 6 nitrogen and oxygen atoms in total. The summed E-state index contributed by atoms with van der Waals surface area (Å²) in [6.07, 6.45) is 4.63. The third-order valence-corrected chi connectivity index (χ3v) is 3.80. The molecular formula is C16H16N4O2. The average molecular weight is 296 g/mol. The summed E-state index contributed by atoms with van der Waals surface area (Å²) < 4.78 is 12.6. The molecule has 0 saturated carbocycles. The van der Waals surface area contributed by atoms with Crippen molar-refractivity contribution in [2.75, 3.05) is 13.2 Å². The molecule has 1 fully saturated rings. The van der Waals surface area contributed by atoms with E-state index in [0.29, 0.717) is 12.5 Å². The number of benzene rings is 1. The van der Waals surface area contributed by atoms with Crippen LogP contribution >= 0.6 is 0 Å². The molecule has 22 heavy (non-hydrogen) atoms. The molecule has 1 aliphatic rings. The van der Waals surface area contributed by atoms with Crippen LogP contribution < -0.4 is 0 Å². The predicted octanol–water partition coefficient (Wildman–Crippen LogP) is 2.49. The first-order valence-electron chi connectivity index (χ1n) is 7.36. The van der Waals surface area contributed by atoms with Crippen LogP contribution in [-0.2, 0) is 11.3 Å². The highest BCUT2D eigenvalue weighted by Gasteiger charge is 2.23. The molecule has 112 valence electrons. The first-order chi connectivity index (χ1) is 10.9. The van der Waals surface area contributed by atoms with Crippen LogP contribution in [0.15, 0.2) is 47.2 Å². The lowest BCUT2D eigenvalue weighted by Crippen LogP contribution is -1.99. The second kappa shape index (κ2) is 5.73. The Hall–Kier alpha value is -2.47. The maximum Gasteiger partial charge on any atom is 0.261 e. The molecule has 1 aliphatic heterocycles. The van der Waals surface area contributed by atoms with Gasteiger partial charge in [0.1, 0.15) is 0 Å². The van der Waals surface area contributed by atoms with E-state index in [9.17, 15) is 0 Å². The van der Waals surface area contributed by atoms with Crippen LogP contribution in [0.4, 0.5) is 0 Å². The van der Waals surface area contributed by atoms with E-state index in [0.717, 1.165) is 31.0 Å². The molecule has 1 aromatic carbocycles. The molecule has 0 spiro atoms. The Morgan fingerprint density at radius 1 is 1.23 bits per heavy atom. The Morgan fingerprint density at radius 2 is 2.14 bits per heavy atom. The molecule has 2 aromatic heterocycles. The molecule has 3 aromatic rings. The van der Waals surface area contributed by atoms with Gasteiger partial charge in [0, 0.05) is 18.7 Å². The van der Waals surface area contributed by atoms with Gasteiger partial charge >= 0.3 is 0 Å². The van der Waals surface area contributed by atoms with Crippen molar-refractivity contribution in [3.8, 4) is 11.5 Å². The number of hydrogen-bond donors (Lipinski definition) is 0. The molecule has 0 bridgehead atoms. The van der Waals surface area contributed by atoms with Gasteiger partial charge in [-0.05, 0) is 12.0 Å². The number of ether oxygens (including phenoxy) is 1. The molecular weight excluding hydrogens is 280 g/mol. The summed E-state index contributed by atoms with van der Waals surface area (Å²) in [6, 6.07) is 10.2. The largest absolute Gasteiger partial charge is 0.381 e. The zero-order valence-corrected chi connectivity index (χ0v) is 12.1. The van der Waals surface area contributed by atoms with Gasteiger partial charge in [-0.1, -0.05) is 35.5 Å². The Kier molecular flexibility index (Phi) is 3.44. The fraction of sp³-hybridized carbons (Fsp3) is 0.312. The normalized spacial score (nSPS) is 17.9. The SMILES string of the molecule is c1ccc(Cn2cc(-c3nc([C@@H]4CCOC4)no3)cn2)cc1. The minimum absolute atomic E-state index is 0.247. The van der Waals surface area contributed by atoms with E-state index in [1.165, 1.54) is 5.56 Å². The van der Waals surface area contributed by atoms with Gasteiger partial charge in [0.05, 0.1) is 24.9 Å². The summed E-state index contributed by atoms with van der Waals surface area (Å²) in [4.78, 5) is 4.47. The summed E-state index contributed by atoms with van der Waals surface area (Å²) >= 11 is 0. The zero-order chi connectivity index (χ0) is 14.8. The lowest BCUT2D eigenvalue weighted by molar-refractivity contribution is 0.192. The first-order valence-corrected chi connectivity index (χ1v) is 7.36. The smallest absolute Gasteiger partial charge is 0.261 e. The van der Waals surface area contributed by atoms with E-state index in [-0.39, 0.29) is 5.92 Å². The number of aromatic nitrogens is 4. The molecule has 3 heterocycles. The van der Waals surface area contributed by atoms with Crippen molar-refractivity contribution in [2.45, 2.75) is 18.9 Å². The number of hydrogen-bond acceptors (Lipinski definition) is 5. The Bertz CT molecular complexity index is 744. The van der Waals surface area contributed by atoms with Crippen LogP contribution in [0.1, 0.15) is 23.7 Å². The van der Waals surface area contributed by atoms with Crippen LogP contribution in [0.5, 0.6) is 0 Å². The highest BCUT2D eigenvalue weighted by Crippen LogP contribution is 2.25. The highest BCUT2D eigenvalue weighted by molar-refractivity contribution is 5.49. The van der Waals surface area contributed by atoms with Gasteiger partial charge in [0.2, 0.25) is 0 Å². The van der Waals surface area contributed by atoms with Gasteiger partial charge in [0.15, 0.2) is 5.82 Å². The molecule has 0 unspecified atom stereocenters. The molecule has 6 heteroatoms. The van der Waals surface area contributed by atoms with Crippen molar-refractivity contribution >= 4 is 0 Å². The Balaban J connectivity index is 1.51. The monoisotopic (exact) mass is 296 g/mol. The van der Waals surface area contributed by atoms with E-state index in [1.54, 1.807) is 6.20 Å². The van der Waals surface area contributed by atoms with E-state index >= 15 is 0 Å². The minimum Gasteiger partial charge on any atom is -0.381 e. The maximum atomic E-state index is 5.36. The van der Waals surface area contributed by atoms with E-state index in [2.05, 4.69) is 27.4 Å². The molecule has 0 radical (unpaired) electrons. The lowest BCUT2D eigenvalue weighted by atomic mass is 10.1. The van der Waals surface area contributed by atoms with Crippen molar-refractivity contribution in [1.29, 1.82) is 0 Å².